The van der Waals surface area contributed by atoms with Gasteiger partial charge in [0.1, 0.15) is 0 Å². The average molecular weight is 303 g/mol. The molecule has 7 nitrogen and oxygen atoms in total. The Morgan fingerprint density at radius 2 is 2.18 bits per heavy atom. The van der Waals surface area contributed by atoms with Crippen molar-refractivity contribution in [2.24, 2.45) is 5.92 Å². The number of fused-ring (bicyclic) bond motifs is 1. The summed E-state index contributed by atoms with van der Waals surface area (Å²) in [6, 6.07) is 1.93. The topological polar surface area (TPSA) is 83.6 Å². The van der Waals surface area contributed by atoms with Crippen LogP contribution in [0.25, 0.3) is 5.78 Å². The Morgan fingerprint density at radius 1 is 1.41 bits per heavy atom. The second kappa shape index (κ2) is 5.64. The zero-order valence-electron chi connectivity index (χ0n) is 13.2. The summed E-state index contributed by atoms with van der Waals surface area (Å²) in [5.41, 5.74) is 1.82. The van der Waals surface area contributed by atoms with Crippen molar-refractivity contribution in [1.29, 1.82) is 0 Å². The Hall–Kier alpha value is -2.02. The standard InChI is InChI=1S/C15H21N5O2/c1-9-4-5-19(8-12(9)21)14(22)7-13-17-15-16-10(2)6-11(3)20(15)18-13/h6,9,12,21H,4-5,7-8H2,1-3H3. The van der Waals surface area contributed by atoms with Gasteiger partial charge in [0.15, 0.2) is 5.82 Å². The molecule has 2 aromatic heterocycles. The summed E-state index contributed by atoms with van der Waals surface area (Å²) in [5.74, 6) is 1.19. The lowest BCUT2D eigenvalue weighted by atomic mass is 9.96. The molecule has 118 valence electrons. The molecular weight excluding hydrogens is 282 g/mol. The monoisotopic (exact) mass is 303 g/mol. The van der Waals surface area contributed by atoms with Crippen LogP contribution in [0.2, 0.25) is 0 Å². The Morgan fingerprint density at radius 3 is 2.91 bits per heavy atom. The lowest BCUT2D eigenvalue weighted by molar-refractivity contribution is -0.134. The second-order valence-electron chi connectivity index (χ2n) is 6.13. The number of aliphatic hydroxyl groups is 1. The number of aliphatic hydroxyl groups excluding tert-OH is 1. The van der Waals surface area contributed by atoms with Gasteiger partial charge < -0.3 is 10.0 Å². The molecule has 0 spiro atoms. The lowest BCUT2D eigenvalue weighted by Gasteiger charge is -2.34. The molecule has 3 heterocycles. The molecule has 3 rings (SSSR count). The fourth-order valence-corrected chi connectivity index (χ4v) is 2.81. The third-order valence-corrected chi connectivity index (χ3v) is 4.24. The third-order valence-electron chi connectivity index (χ3n) is 4.24. The minimum Gasteiger partial charge on any atom is -0.391 e. The van der Waals surface area contributed by atoms with Gasteiger partial charge in [-0.3, -0.25) is 4.79 Å². The predicted molar refractivity (Wildman–Crippen MR) is 80.3 cm³/mol. The fraction of sp³-hybridized carbons (Fsp3) is 0.600. The molecule has 1 amide bonds. The van der Waals surface area contributed by atoms with E-state index in [1.165, 1.54) is 0 Å². The van der Waals surface area contributed by atoms with Crippen molar-refractivity contribution in [2.75, 3.05) is 13.1 Å². The van der Waals surface area contributed by atoms with Crippen LogP contribution in [-0.4, -0.2) is 54.7 Å². The van der Waals surface area contributed by atoms with Crippen LogP contribution in [-0.2, 0) is 11.2 Å². The molecule has 1 N–H and O–H groups in total. The maximum absolute atomic E-state index is 12.4. The van der Waals surface area contributed by atoms with Gasteiger partial charge in [-0.15, -0.1) is 5.10 Å². The van der Waals surface area contributed by atoms with Crippen molar-refractivity contribution < 1.29 is 9.90 Å². The lowest BCUT2D eigenvalue weighted by Crippen LogP contribution is -2.46. The first-order valence-electron chi connectivity index (χ1n) is 7.60. The van der Waals surface area contributed by atoms with E-state index in [9.17, 15) is 9.90 Å². The van der Waals surface area contributed by atoms with E-state index >= 15 is 0 Å². The number of piperidine rings is 1. The van der Waals surface area contributed by atoms with Crippen LogP contribution < -0.4 is 0 Å². The maximum Gasteiger partial charge on any atom is 0.252 e. The summed E-state index contributed by atoms with van der Waals surface area (Å²) >= 11 is 0. The summed E-state index contributed by atoms with van der Waals surface area (Å²) in [6.45, 7) is 6.92. The van der Waals surface area contributed by atoms with Crippen LogP contribution >= 0.6 is 0 Å². The first kappa shape index (κ1) is 14.9. The Kier molecular flexibility index (Phi) is 3.82. The summed E-state index contributed by atoms with van der Waals surface area (Å²) in [6.07, 6.45) is 0.521. The number of carbonyl (C=O) groups is 1. The van der Waals surface area contributed by atoms with Gasteiger partial charge in [0, 0.05) is 24.5 Å². The number of β-amino-alcohol motifs (C(OH)–C–C–N with tert-alkyl or cyclic N) is 1. The molecule has 1 fully saturated rings. The van der Waals surface area contributed by atoms with Gasteiger partial charge in [0.2, 0.25) is 5.91 Å². The number of nitrogens with zero attached hydrogens (tertiary/aromatic N) is 5. The van der Waals surface area contributed by atoms with Crippen molar-refractivity contribution in [3.05, 3.63) is 23.3 Å². The van der Waals surface area contributed by atoms with Gasteiger partial charge in [-0.25, -0.2) is 9.50 Å². The third kappa shape index (κ3) is 2.81. The van der Waals surface area contributed by atoms with Crippen LogP contribution in [0.1, 0.15) is 30.6 Å². The van der Waals surface area contributed by atoms with Crippen LogP contribution in [0.3, 0.4) is 0 Å². The molecule has 0 aromatic carbocycles. The molecule has 1 aliphatic heterocycles. The van der Waals surface area contributed by atoms with E-state index in [1.54, 1.807) is 9.42 Å². The number of hydrogen-bond donors (Lipinski definition) is 1. The molecule has 0 saturated carbocycles. The Bertz CT molecular complexity index is 711. The number of carbonyl (C=O) groups excluding carboxylic acids is 1. The highest BCUT2D eigenvalue weighted by Gasteiger charge is 2.27. The number of hydrogen-bond acceptors (Lipinski definition) is 5. The molecule has 1 saturated heterocycles. The average Bonchev–Trinajstić information content (AvgIpc) is 2.84. The zero-order valence-corrected chi connectivity index (χ0v) is 13.2. The molecule has 0 radical (unpaired) electrons. The minimum absolute atomic E-state index is 0.0452. The van der Waals surface area contributed by atoms with Crippen molar-refractivity contribution in [3.63, 3.8) is 0 Å². The molecular formula is C15H21N5O2. The van der Waals surface area contributed by atoms with E-state index in [0.29, 0.717) is 24.7 Å². The van der Waals surface area contributed by atoms with E-state index in [2.05, 4.69) is 15.1 Å². The van der Waals surface area contributed by atoms with Crippen molar-refractivity contribution in [3.8, 4) is 0 Å². The van der Waals surface area contributed by atoms with Gasteiger partial charge in [-0.2, -0.15) is 4.98 Å². The van der Waals surface area contributed by atoms with E-state index in [4.69, 9.17) is 0 Å². The summed E-state index contributed by atoms with van der Waals surface area (Å²) in [4.78, 5) is 22.7. The van der Waals surface area contributed by atoms with E-state index in [0.717, 1.165) is 17.8 Å². The van der Waals surface area contributed by atoms with Crippen LogP contribution in [0.5, 0.6) is 0 Å². The summed E-state index contributed by atoms with van der Waals surface area (Å²) in [7, 11) is 0. The van der Waals surface area contributed by atoms with Crippen molar-refractivity contribution in [2.45, 2.75) is 39.7 Å². The van der Waals surface area contributed by atoms with Crippen molar-refractivity contribution >= 4 is 11.7 Å². The van der Waals surface area contributed by atoms with Crippen molar-refractivity contribution in [1.82, 2.24) is 24.5 Å². The predicted octanol–water partition coefficient (Wildman–Crippen LogP) is 0.513. The number of aryl methyl sites for hydroxylation is 2. The largest absolute Gasteiger partial charge is 0.391 e. The van der Waals surface area contributed by atoms with E-state index in [-0.39, 0.29) is 18.2 Å². The van der Waals surface area contributed by atoms with Gasteiger partial charge in [0.05, 0.1) is 12.5 Å². The maximum atomic E-state index is 12.4. The normalized spacial score (nSPS) is 22.3. The number of likely N-dealkylation sites (tertiary alicyclic amines) is 1. The first-order chi connectivity index (χ1) is 10.4. The van der Waals surface area contributed by atoms with Gasteiger partial charge in [-0.1, -0.05) is 6.92 Å². The molecule has 1 aliphatic rings. The molecule has 2 unspecified atom stereocenters. The van der Waals surface area contributed by atoms with E-state index in [1.807, 2.05) is 26.8 Å². The number of aromatic nitrogens is 4. The Balaban J connectivity index is 1.75. The van der Waals surface area contributed by atoms with Crippen LogP contribution in [0.15, 0.2) is 6.07 Å². The Labute approximate surface area is 129 Å². The number of amides is 1. The summed E-state index contributed by atoms with van der Waals surface area (Å²) < 4.78 is 1.66. The van der Waals surface area contributed by atoms with Gasteiger partial charge >= 0.3 is 0 Å². The highest BCUT2D eigenvalue weighted by atomic mass is 16.3. The summed E-state index contributed by atoms with van der Waals surface area (Å²) in [5, 5.41) is 14.3. The smallest absolute Gasteiger partial charge is 0.252 e. The molecule has 0 aliphatic carbocycles. The fourth-order valence-electron chi connectivity index (χ4n) is 2.81. The number of rotatable bonds is 2. The van der Waals surface area contributed by atoms with Gasteiger partial charge in [0.25, 0.3) is 5.78 Å². The first-order valence-corrected chi connectivity index (χ1v) is 7.60. The quantitative estimate of drug-likeness (QED) is 0.874. The highest BCUT2D eigenvalue weighted by molar-refractivity contribution is 5.78. The SMILES string of the molecule is Cc1cc(C)n2nc(CC(=O)N3CCC(C)C(O)C3)nc2n1. The zero-order chi connectivity index (χ0) is 15.9. The minimum atomic E-state index is -0.446. The van der Waals surface area contributed by atoms with Gasteiger partial charge in [-0.05, 0) is 32.3 Å². The molecule has 0 bridgehead atoms. The van der Waals surface area contributed by atoms with Crippen LogP contribution in [0, 0.1) is 19.8 Å². The molecule has 22 heavy (non-hydrogen) atoms. The van der Waals surface area contributed by atoms with E-state index < -0.39 is 6.10 Å². The highest BCUT2D eigenvalue weighted by Crippen LogP contribution is 2.17. The molecule has 2 aromatic rings. The van der Waals surface area contributed by atoms with Crippen LogP contribution in [0.4, 0.5) is 0 Å². The molecule has 2 atom stereocenters. The second-order valence-corrected chi connectivity index (χ2v) is 6.13. The molecule has 7 heteroatoms.